The maximum atomic E-state index is 12.3. The van der Waals surface area contributed by atoms with Gasteiger partial charge in [-0.1, -0.05) is 19.1 Å². The molecule has 0 bridgehead atoms. The highest BCUT2D eigenvalue weighted by Crippen LogP contribution is 2.22. The second-order valence-electron chi connectivity index (χ2n) is 7.02. The molecular formula is C19H28N4O2. The van der Waals surface area contributed by atoms with Gasteiger partial charge < -0.3 is 15.1 Å². The molecule has 6 nitrogen and oxygen atoms in total. The Labute approximate surface area is 149 Å². The van der Waals surface area contributed by atoms with Crippen LogP contribution < -0.4 is 10.2 Å². The third-order valence-corrected chi connectivity index (χ3v) is 5.08. The Morgan fingerprint density at radius 3 is 2.60 bits per heavy atom. The van der Waals surface area contributed by atoms with E-state index in [-0.39, 0.29) is 17.9 Å². The van der Waals surface area contributed by atoms with Crippen molar-refractivity contribution in [2.45, 2.75) is 26.3 Å². The van der Waals surface area contributed by atoms with Crippen LogP contribution in [0.15, 0.2) is 24.3 Å². The summed E-state index contributed by atoms with van der Waals surface area (Å²) in [5.41, 5.74) is 2.04. The van der Waals surface area contributed by atoms with Crippen molar-refractivity contribution in [1.29, 1.82) is 0 Å². The average Bonchev–Trinajstić information content (AvgIpc) is 2.95. The number of anilines is 1. The van der Waals surface area contributed by atoms with Crippen LogP contribution in [0.3, 0.4) is 0 Å². The zero-order valence-electron chi connectivity index (χ0n) is 15.2. The minimum atomic E-state index is -0.0996. The summed E-state index contributed by atoms with van der Waals surface area (Å²) in [5, 5.41) is 3.04. The molecule has 2 amide bonds. The molecular weight excluding hydrogens is 316 g/mol. The van der Waals surface area contributed by atoms with Crippen molar-refractivity contribution in [1.82, 2.24) is 15.1 Å². The van der Waals surface area contributed by atoms with Gasteiger partial charge in [0.05, 0.1) is 12.6 Å². The molecule has 1 unspecified atom stereocenters. The summed E-state index contributed by atoms with van der Waals surface area (Å²) < 4.78 is 0. The van der Waals surface area contributed by atoms with Crippen LogP contribution in [0.1, 0.15) is 18.9 Å². The molecule has 1 atom stereocenters. The monoisotopic (exact) mass is 344 g/mol. The molecule has 0 radical (unpaired) electrons. The van der Waals surface area contributed by atoms with Crippen LogP contribution in [0.25, 0.3) is 0 Å². The maximum Gasteiger partial charge on any atom is 0.234 e. The number of amides is 2. The molecule has 2 saturated heterocycles. The molecule has 2 heterocycles. The first-order valence-electron chi connectivity index (χ1n) is 9.16. The average molecular weight is 344 g/mol. The lowest BCUT2D eigenvalue weighted by atomic mass is 10.2. The third-order valence-electron chi connectivity index (χ3n) is 5.08. The highest BCUT2D eigenvalue weighted by Gasteiger charge is 2.32. The summed E-state index contributed by atoms with van der Waals surface area (Å²) >= 11 is 0. The highest BCUT2D eigenvalue weighted by atomic mass is 16.2. The Bertz CT molecular complexity index is 626. The van der Waals surface area contributed by atoms with E-state index >= 15 is 0 Å². The molecule has 2 aliphatic heterocycles. The van der Waals surface area contributed by atoms with E-state index in [4.69, 9.17) is 0 Å². The molecule has 6 heteroatoms. The van der Waals surface area contributed by atoms with Crippen LogP contribution >= 0.6 is 0 Å². The molecule has 1 aromatic rings. The largest absolute Gasteiger partial charge is 0.350 e. The van der Waals surface area contributed by atoms with Gasteiger partial charge in [-0.3, -0.25) is 14.5 Å². The fourth-order valence-electron chi connectivity index (χ4n) is 3.59. The molecule has 1 N–H and O–H groups in total. The van der Waals surface area contributed by atoms with Gasteiger partial charge in [-0.15, -0.1) is 0 Å². The molecule has 0 saturated carbocycles. The van der Waals surface area contributed by atoms with Crippen LogP contribution in [0.5, 0.6) is 0 Å². The van der Waals surface area contributed by atoms with Crippen molar-refractivity contribution in [3.63, 3.8) is 0 Å². The summed E-state index contributed by atoms with van der Waals surface area (Å²) in [4.78, 5) is 31.0. The normalized spacial score (nSPS) is 22.4. The van der Waals surface area contributed by atoms with Crippen molar-refractivity contribution < 1.29 is 9.59 Å². The van der Waals surface area contributed by atoms with Gasteiger partial charge in [0.1, 0.15) is 0 Å². The van der Waals surface area contributed by atoms with Gasteiger partial charge in [0, 0.05) is 44.8 Å². The zero-order chi connectivity index (χ0) is 17.8. The Morgan fingerprint density at radius 1 is 1.20 bits per heavy atom. The summed E-state index contributed by atoms with van der Waals surface area (Å²) in [5.74, 6) is 0.0984. The fraction of sp³-hybridized carbons (Fsp3) is 0.579. The molecule has 25 heavy (non-hydrogen) atoms. The van der Waals surface area contributed by atoms with Crippen LogP contribution in [-0.2, 0) is 9.59 Å². The second-order valence-corrected chi connectivity index (χ2v) is 7.02. The Kier molecular flexibility index (Phi) is 5.71. The minimum absolute atomic E-state index is 0.0221. The second kappa shape index (κ2) is 7.97. The summed E-state index contributed by atoms with van der Waals surface area (Å²) in [7, 11) is 0. The Balaban J connectivity index is 1.49. The van der Waals surface area contributed by atoms with Crippen LogP contribution in [0, 0.1) is 6.92 Å². The topological polar surface area (TPSA) is 55.9 Å². The van der Waals surface area contributed by atoms with E-state index in [1.54, 1.807) is 4.90 Å². The van der Waals surface area contributed by atoms with Gasteiger partial charge >= 0.3 is 0 Å². The van der Waals surface area contributed by atoms with Crippen molar-refractivity contribution in [2.24, 2.45) is 0 Å². The molecule has 0 spiro atoms. The van der Waals surface area contributed by atoms with Crippen molar-refractivity contribution in [2.75, 3.05) is 50.7 Å². The molecule has 0 aromatic heterocycles. The van der Waals surface area contributed by atoms with Crippen LogP contribution in [-0.4, -0.2) is 73.5 Å². The summed E-state index contributed by atoms with van der Waals surface area (Å²) in [6, 6.07) is 7.83. The van der Waals surface area contributed by atoms with E-state index in [0.29, 0.717) is 19.5 Å². The summed E-state index contributed by atoms with van der Waals surface area (Å²) in [6.45, 7) is 10.1. The highest BCUT2D eigenvalue weighted by molar-refractivity contribution is 5.97. The van der Waals surface area contributed by atoms with Gasteiger partial charge in [-0.05, 0) is 31.2 Å². The lowest BCUT2D eigenvalue weighted by Crippen LogP contribution is -2.50. The standard InChI is InChI=1S/C19H28N4O2/c1-3-21-7-9-22(10-8-21)14-18(24)20-16-12-19(25)23(13-16)17-6-4-5-15(2)11-17/h4-6,11,16H,3,7-10,12-14H2,1-2H3,(H,20,24). The maximum absolute atomic E-state index is 12.3. The number of nitrogens with one attached hydrogen (secondary N) is 1. The molecule has 2 fully saturated rings. The van der Waals surface area contributed by atoms with Crippen molar-refractivity contribution in [3.05, 3.63) is 29.8 Å². The SMILES string of the molecule is CCN1CCN(CC(=O)NC2CC(=O)N(c3cccc(C)c3)C2)CC1. The molecule has 2 aliphatic rings. The Hall–Kier alpha value is -1.92. The lowest BCUT2D eigenvalue weighted by molar-refractivity contribution is -0.123. The number of rotatable bonds is 5. The smallest absolute Gasteiger partial charge is 0.234 e. The fourth-order valence-corrected chi connectivity index (χ4v) is 3.59. The lowest BCUT2D eigenvalue weighted by Gasteiger charge is -2.33. The number of carbonyl (C=O) groups excluding carboxylic acids is 2. The zero-order valence-corrected chi connectivity index (χ0v) is 15.2. The van der Waals surface area contributed by atoms with Gasteiger partial charge in [-0.2, -0.15) is 0 Å². The minimum Gasteiger partial charge on any atom is -0.350 e. The number of carbonyl (C=O) groups is 2. The number of hydrogen-bond donors (Lipinski definition) is 1. The van der Waals surface area contributed by atoms with E-state index in [2.05, 4.69) is 22.0 Å². The number of likely N-dealkylation sites (N-methyl/N-ethyl adjacent to an activating group) is 1. The number of piperazine rings is 1. The number of hydrogen-bond acceptors (Lipinski definition) is 4. The molecule has 1 aromatic carbocycles. The van der Waals surface area contributed by atoms with Crippen LogP contribution in [0.2, 0.25) is 0 Å². The van der Waals surface area contributed by atoms with Gasteiger partial charge in [0.15, 0.2) is 0 Å². The number of benzene rings is 1. The molecule has 3 rings (SSSR count). The van der Waals surface area contributed by atoms with E-state index in [9.17, 15) is 9.59 Å². The van der Waals surface area contributed by atoms with Crippen LogP contribution in [0.4, 0.5) is 5.69 Å². The summed E-state index contributed by atoms with van der Waals surface area (Å²) in [6.07, 6.45) is 0.378. The van der Waals surface area contributed by atoms with Gasteiger partial charge in [0.2, 0.25) is 11.8 Å². The van der Waals surface area contributed by atoms with Gasteiger partial charge in [0.25, 0.3) is 0 Å². The first-order valence-corrected chi connectivity index (χ1v) is 9.16. The van der Waals surface area contributed by atoms with E-state index in [1.807, 2.05) is 31.2 Å². The van der Waals surface area contributed by atoms with Crippen molar-refractivity contribution in [3.8, 4) is 0 Å². The predicted octanol–water partition coefficient (Wildman–Crippen LogP) is 0.854. The van der Waals surface area contributed by atoms with E-state index in [1.165, 1.54) is 0 Å². The first-order chi connectivity index (χ1) is 12.0. The quantitative estimate of drug-likeness (QED) is 0.861. The van der Waals surface area contributed by atoms with E-state index in [0.717, 1.165) is 44.0 Å². The molecule has 136 valence electrons. The number of nitrogens with zero attached hydrogens (tertiary/aromatic N) is 3. The van der Waals surface area contributed by atoms with Crippen molar-refractivity contribution >= 4 is 17.5 Å². The predicted molar refractivity (Wildman–Crippen MR) is 98.6 cm³/mol. The van der Waals surface area contributed by atoms with E-state index < -0.39 is 0 Å². The first kappa shape index (κ1) is 17.9. The Morgan fingerprint density at radius 2 is 1.92 bits per heavy atom. The number of aryl methyl sites for hydroxylation is 1. The van der Waals surface area contributed by atoms with Gasteiger partial charge in [-0.25, -0.2) is 0 Å². The molecule has 0 aliphatic carbocycles. The third kappa shape index (κ3) is 4.58.